The van der Waals surface area contributed by atoms with Gasteiger partial charge in [-0.1, -0.05) is 18.2 Å². The molecule has 1 aromatic heterocycles. The number of aromatic nitrogens is 1. The van der Waals surface area contributed by atoms with Gasteiger partial charge in [-0.05, 0) is 19.9 Å². The van der Waals surface area contributed by atoms with Gasteiger partial charge in [0.2, 0.25) is 5.56 Å². The fourth-order valence-corrected chi connectivity index (χ4v) is 3.21. The minimum absolute atomic E-state index is 0.0869. The molecule has 0 bridgehead atoms. The number of benzene rings is 1. The highest BCUT2D eigenvalue weighted by Crippen LogP contribution is 2.14. The van der Waals surface area contributed by atoms with E-state index in [2.05, 4.69) is 24.1 Å². The molecule has 24 heavy (non-hydrogen) atoms. The summed E-state index contributed by atoms with van der Waals surface area (Å²) in [5.74, 6) is -0.210. The van der Waals surface area contributed by atoms with Crippen molar-refractivity contribution < 1.29 is 14.4 Å². The molecule has 1 aromatic carbocycles. The summed E-state index contributed by atoms with van der Waals surface area (Å²) in [6.45, 7) is 8.22. The predicted molar refractivity (Wildman–Crippen MR) is 92.5 cm³/mol. The van der Waals surface area contributed by atoms with Gasteiger partial charge in [-0.25, -0.2) is 0 Å². The topological polar surface area (TPSA) is 75.6 Å². The second-order valence-corrected chi connectivity index (χ2v) is 6.88. The van der Waals surface area contributed by atoms with Crippen LogP contribution in [0.1, 0.15) is 24.2 Å². The number of amides is 1. The minimum Gasteiger partial charge on any atom is -0.370 e. The summed E-state index contributed by atoms with van der Waals surface area (Å²) < 4.78 is 5.40. The lowest BCUT2D eigenvalue weighted by atomic mass is 10.0. The molecule has 0 saturated carbocycles. The van der Waals surface area contributed by atoms with Gasteiger partial charge in [-0.2, -0.15) is 0 Å². The van der Waals surface area contributed by atoms with E-state index in [-0.39, 0.29) is 17.0 Å². The Morgan fingerprint density at radius 1 is 1.29 bits per heavy atom. The maximum absolute atomic E-state index is 12.6. The predicted octanol–water partition coefficient (Wildman–Crippen LogP) is -0.0484. The van der Waals surface area contributed by atoms with E-state index in [0.717, 1.165) is 31.7 Å². The van der Waals surface area contributed by atoms with Gasteiger partial charge >= 0.3 is 0 Å². The summed E-state index contributed by atoms with van der Waals surface area (Å²) in [7, 11) is 0. The zero-order chi connectivity index (χ0) is 17.2. The highest BCUT2D eigenvalue weighted by atomic mass is 16.5. The van der Waals surface area contributed by atoms with Crippen LogP contribution in [0.15, 0.2) is 35.1 Å². The number of para-hydroxylation sites is 1. The summed E-state index contributed by atoms with van der Waals surface area (Å²) in [6, 6.07) is 8.71. The molecular weight excluding hydrogens is 306 g/mol. The third kappa shape index (κ3) is 3.49. The Hall–Kier alpha value is -2.18. The number of ether oxygens (including phenoxy) is 1. The third-order valence-electron chi connectivity index (χ3n) is 4.74. The van der Waals surface area contributed by atoms with Crippen LogP contribution in [0.3, 0.4) is 0 Å². The number of aromatic amines is 1. The molecule has 0 atom stereocenters. The van der Waals surface area contributed by atoms with Gasteiger partial charge < -0.3 is 19.9 Å². The highest BCUT2D eigenvalue weighted by molar-refractivity contribution is 6.05. The van der Waals surface area contributed by atoms with Crippen LogP contribution in [0.2, 0.25) is 0 Å². The molecule has 128 valence electrons. The smallest absolute Gasteiger partial charge is 0.252 e. The Kier molecular flexibility index (Phi) is 4.69. The molecule has 2 heterocycles. The normalized spacial score (nSPS) is 16.2. The van der Waals surface area contributed by atoms with E-state index < -0.39 is 0 Å². The number of hydrogen-bond acceptors (Lipinski definition) is 3. The fourth-order valence-electron chi connectivity index (χ4n) is 3.21. The van der Waals surface area contributed by atoms with E-state index in [4.69, 9.17) is 4.74 Å². The zero-order valence-electron chi connectivity index (χ0n) is 14.1. The fraction of sp³-hybridized carbons (Fsp3) is 0.444. The van der Waals surface area contributed by atoms with Crippen molar-refractivity contribution in [3.63, 3.8) is 0 Å². The molecule has 3 N–H and O–H groups in total. The maximum atomic E-state index is 12.6. The average molecular weight is 330 g/mol. The van der Waals surface area contributed by atoms with Crippen LogP contribution in [0.25, 0.3) is 10.9 Å². The van der Waals surface area contributed by atoms with Crippen LogP contribution >= 0.6 is 0 Å². The lowest BCUT2D eigenvalue weighted by Crippen LogP contribution is -3.22. The summed E-state index contributed by atoms with van der Waals surface area (Å²) in [6.07, 6.45) is 0. The highest BCUT2D eigenvalue weighted by Gasteiger charge is 2.32. The molecule has 2 aromatic rings. The first-order chi connectivity index (χ1) is 11.5. The van der Waals surface area contributed by atoms with Crippen molar-refractivity contribution in [3.8, 4) is 0 Å². The summed E-state index contributed by atoms with van der Waals surface area (Å²) in [5.41, 5.74) is 0.739. The van der Waals surface area contributed by atoms with Gasteiger partial charge in [-0.3, -0.25) is 9.59 Å². The molecule has 3 rings (SSSR count). The van der Waals surface area contributed by atoms with Crippen LogP contribution in [0.5, 0.6) is 0 Å². The van der Waals surface area contributed by atoms with E-state index >= 15 is 0 Å². The second kappa shape index (κ2) is 6.75. The van der Waals surface area contributed by atoms with E-state index in [1.165, 1.54) is 11.0 Å². The van der Waals surface area contributed by atoms with Crippen LogP contribution in [-0.2, 0) is 4.74 Å². The molecule has 6 nitrogen and oxygen atoms in total. The van der Waals surface area contributed by atoms with Crippen molar-refractivity contribution in [2.75, 3.05) is 32.8 Å². The molecule has 1 fully saturated rings. The quantitative estimate of drug-likeness (QED) is 0.736. The van der Waals surface area contributed by atoms with Gasteiger partial charge in [0.15, 0.2) is 0 Å². The van der Waals surface area contributed by atoms with Crippen LogP contribution in [-0.4, -0.2) is 49.3 Å². The summed E-state index contributed by atoms with van der Waals surface area (Å²) in [4.78, 5) is 28.6. The largest absolute Gasteiger partial charge is 0.370 e. The molecule has 1 amide bonds. The lowest BCUT2D eigenvalue weighted by molar-refractivity contribution is -0.954. The van der Waals surface area contributed by atoms with E-state index in [1.54, 1.807) is 6.07 Å². The summed E-state index contributed by atoms with van der Waals surface area (Å²) in [5, 5.41) is 3.76. The van der Waals surface area contributed by atoms with E-state index in [0.29, 0.717) is 17.6 Å². The molecule has 6 heteroatoms. The van der Waals surface area contributed by atoms with Crippen LogP contribution in [0, 0.1) is 0 Å². The molecular formula is C18H24N3O3+. The number of carbonyl (C=O) groups is 1. The van der Waals surface area contributed by atoms with Gasteiger partial charge in [0.1, 0.15) is 18.6 Å². The Morgan fingerprint density at radius 3 is 2.75 bits per heavy atom. The van der Waals surface area contributed by atoms with Gasteiger partial charge in [0.05, 0.1) is 25.3 Å². The number of hydrogen-bond donors (Lipinski definition) is 3. The molecule has 0 radical (unpaired) electrons. The average Bonchev–Trinajstić information content (AvgIpc) is 2.59. The zero-order valence-corrected chi connectivity index (χ0v) is 14.1. The SMILES string of the molecule is CC(C)(CNC(=O)c1cc(=O)[nH]c2ccccc12)[NH+]1CCOCC1. The number of H-pyrrole nitrogens is 1. The molecule has 1 aliphatic heterocycles. The maximum Gasteiger partial charge on any atom is 0.252 e. The Labute approximate surface area is 140 Å². The Bertz CT molecular complexity index is 791. The van der Waals surface area contributed by atoms with Gasteiger partial charge in [-0.15, -0.1) is 0 Å². The second-order valence-electron chi connectivity index (χ2n) is 6.88. The van der Waals surface area contributed by atoms with Crippen LogP contribution in [0.4, 0.5) is 0 Å². The van der Waals surface area contributed by atoms with Crippen molar-refractivity contribution in [2.24, 2.45) is 0 Å². The Balaban J connectivity index is 1.77. The first-order valence-corrected chi connectivity index (χ1v) is 8.30. The molecule has 1 saturated heterocycles. The number of quaternary nitrogens is 1. The monoisotopic (exact) mass is 330 g/mol. The molecule has 0 aliphatic carbocycles. The van der Waals surface area contributed by atoms with Gasteiger partial charge in [0.25, 0.3) is 5.91 Å². The molecule has 0 unspecified atom stereocenters. The number of nitrogens with one attached hydrogen (secondary N) is 3. The van der Waals surface area contributed by atoms with Crippen molar-refractivity contribution in [3.05, 3.63) is 46.2 Å². The van der Waals surface area contributed by atoms with Crippen molar-refractivity contribution in [1.82, 2.24) is 10.3 Å². The molecule has 1 aliphatic rings. The number of pyridine rings is 1. The van der Waals surface area contributed by atoms with E-state index in [9.17, 15) is 9.59 Å². The first kappa shape index (κ1) is 16.7. The van der Waals surface area contributed by atoms with Gasteiger partial charge in [0, 0.05) is 17.0 Å². The standard InChI is InChI=1S/C18H23N3O3/c1-18(2,21-7-9-24-10-8-21)12-19-17(23)14-11-16(22)20-15-6-4-3-5-13(14)15/h3-6,11H,7-10,12H2,1-2H3,(H,19,23)(H,20,22)/p+1. The van der Waals surface area contributed by atoms with E-state index in [1.807, 2.05) is 18.2 Å². The number of morpholine rings is 1. The van der Waals surface area contributed by atoms with Crippen LogP contribution < -0.4 is 15.8 Å². The number of carbonyl (C=O) groups excluding carboxylic acids is 1. The lowest BCUT2D eigenvalue weighted by Gasteiger charge is -2.37. The number of fused-ring (bicyclic) bond motifs is 1. The Morgan fingerprint density at radius 2 is 2.00 bits per heavy atom. The first-order valence-electron chi connectivity index (χ1n) is 8.30. The third-order valence-corrected chi connectivity index (χ3v) is 4.74. The molecule has 0 spiro atoms. The van der Waals surface area contributed by atoms with Crippen molar-refractivity contribution in [1.29, 1.82) is 0 Å². The summed E-state index contributed by atoms with van der Waals surface area (Å²) >= 11 is 0. The van der Waals surface area contributed by atoms with Crippen molar-refractivity contribution >= 4 is 16.8 Å². The minimum atomic E-state index is -0.267. The number of rotatable bonds is 4. The van der Waals surface area contributed by atoms with Crippen molar-refractivity contribution in [2.45, 2.75) is 19.4 Å².